The van der Waals surface area contributed by atoms with E-state index in [1.807, 2.05) is 60.7 Å². The third-order valence-electron chi connectivity index (χ3n) is 4.54. The summed E-state index contributed by atoms with van der Waals surface area (Å²) in [7, 11) is -2.38. The van der Waals surface area contributed by atoms with E-state index in [9.17, 15) is 8.42 Å². The molecule has 0 saturated heterocycles. The predicted octanol–water partition coefficient (Wildman–Crippen LogP) is 4.80. The Morgan fingerprint density at radius 1 is 0.900 bits per heavy atom. The standard InChI is InChI=1S/C23H20N2O4S/c1-28-19-12-14-20(15-13-19)30(26,27)23-22(24-16-17-8-4-2-5-9-17)29-21(25-23)18-10-6-3-7-11-18/h2-15,24H,16H2,1H3. The Morgan fingerprint density at radius 2 is 1.53 bits per heavy atom. The molecule has 1 N–H and O–H groups in total. The number of anilines is 1. The summed E-state index contributed by atoms with van der Waals surface area (Å²) in [5, 5.41) is 2.93. The van der Waals surface area contributed by atoms with Gasteiger partial charge in [0.25, 0.3) is 0 Å². The number of oxazole rings is 1. The fraction of sp³-hybridized carbons (Fsp3) is 0.0870. The summed E-state index contributed by atoms with van der Waals surface area (Å²) in [6.07, 6.45) is 0. The van der Waals surface area contributed by atoms with Crippen molar-refractivity contribution >= 4 is 15.7 Å². The van der Waals surface area contributed by atoms with Crippen molar-refractivity contribution in [2.24, 2.45) is 0 Å². The van der Waals surface area contributed by atoms with Crippen LogP contribution in [-0.2, 0) is 16.4 Å². The van der Waals surface area contributed by atoms with Gasteiger partial charge in [0.05, 0.1) is 12.0 Å². The third-order valence-corrected chi connectivity index (χ3v) is 6.22. The molecule has 0 atom stereocenters. The molecule has 0 aliphatic heterocycles. The molecule has 4 aromatic rings. The van der Waals surface area contributed by atoms with Crippen LogP contribution in [0.15, 0.2) is 99.3 Å². The molecule has 6 nitrogen and oxygen atoms in total. The first kappa shape index (κ1) is 19.7. The molecule has 0 amide bonds. The van der Waals surface area contributed by atoms with Gasteiger partial charge in [-0.2, -0.15) is 4.98 Å². The van der Waals surface area contributed by atoms with Crippen LogP contribution in [-0.4, -0.2) is 20.5 Å². The van der Waals surface area contributed by atoms with E-state index >= 15 is 0 Å². The minimum atomic E-state index is -3.91. The van der Waals surface area contributed by atoms with Crippen LogP contribution >= 0.6 is 0 Å². The van der Waals surface area contributed by atoms with Crippen LogP contribution in [0.3, 0.4) is 0 Å². The maximum Gasteiger partial charge on any atom is 0.234 e. The molecule has 0 bridgehead atoms. The summed E-state index contributed by atoms with van der Waals surface area (Å²) < 4.78 is 37.6. The van der Waals surface area contributed by atoms with Crippen LogP contribution in [0.1, 0.15) is 5.56 Å². The summed E-state index contributed by atoms with van der Waals surface area (Å²) in [4.78, 5) is 4.45. The molecule has 7 heteroatoms. The molecule has 0 aliphatic rings. The molecular weight excluding hydrogens is 400 g/mol. The predicted molar refractivity (Wildman–Crippen MR) is 114 cm³/mol. The van der Waals surface area contributed by atoms with Crippen molar-refractivity contribution in [3.8, 4) is 17.2 Å². The molecule has 3 aromatic carbocycles. The van der Waals surface area contributed by atoms with Crippen molar-refractivity contribution in [3.05, 3.63) is 90.5 Å². The van der Waals surface area contributed by atoms with Gasteiger partial charge in [0.1, 0.15) is 5.75 Å². The van der Waals surface area contributed by atoms with E-state index < -0.39 is 9.84 Å². The molecule has 0 unspecified atom stereocenters. The Kier molecular flexibility index (Phi) is 5.54. The average Bonchev–Trinajstić information content (AvgIpc) is 3.24. The van der Waals surface area contributed by atoms with E-state index in [2.05, 4.69) is 10.3 Å². The lowest BCUT2D eigenvalue weighted by molar-refractivity contribution is 0.414. The smallest absolute Gasteiger partial charge is 0.234 e. The zero-order valence-electron chi connectivity index (χ0n) is 16.3. The quantitative estimate of drug-likeness (QED) is 0.463. The van der Waals surface area contributed by atoms with Crippen molar-refractivity contribution < 1.29 is 17.6 Å². The highest BCUT2D eigenvalue weighted by molar-refractivity contribution is 7.91. The highest BCUT2D eigenvalue weighted by Crippen LogP contribution is 2.33. The summed E-state index contributed by atoms with van der Waals surface area (Å²) in [5.74, 6) is 0.910. The third kappa shape index (κ3) is 4.06. The first-order chi connectivity index (χ1) is 14.6. The van der Waals surface area contributed by atoms with Gasteiger partial charge in [0, 0.05) is 12.1 Å². The first-order valence-electron chi connectivity index (χ1n) is 9.31. The fourth-order valence-electron chi connectivity index (χ4n) is 2.95. The minimum absolute atomic E-state index is 0.105. The number of ether oxygens (including phenoxy) is 1. The van der Waals surface area contributed by atoms with E-state index in [1.165, 1.54) is 19.2 Å². The second kappa shape index (κ2) is 8.42. The van der Waals surface area contributed by atoms with Crippen molar-refractivity contribution in [1.82, 2.24) is 4.98 Å². The summed E-state index contributed by atoms with van der Waals surface area (Å²) in [6, 6.07) is 25.0. The van der Waals surface area contributed by atoms with Crippen molar-refractivity contribution in [2.45, 2.75) is 16.5 Å². The average molecular weight is 420 g/mol. The number of sulfone groups is 1. The van der Waals surface area contributed by atoms with Crippen LogP contribution in [0, 0.1) is 0 Å². The van der Waals surface area contributed by atoms with Gasteiger partial charge in [-0.15, -0.1) is 0 Å². The highest BCUT2D eigenvalue weighted by Gasteiger charge is 2.28. The number of nitrogens with zero attached hydrogens (tertiary/aromatic N) is 1. The Labute approximate surface area is 175 Å². The number of aromatic nitrogens is 1. The van der Waals surface area contributed by atoms with Gasteiger partial charge in [-0.1, -0.05) is 48.5 Å². The molecule has 0 fully saturated rings. The van der Waals surface area contributed by atoms with E-state index in [1.54, 1.807) is 12.1 Å². The monoisotopic (exact) mass is 420 g/mol. The van der Waals surface area contributed by atoms with Crippen LogP contribution in [0.4, 0.5) is 5.88 Å². The zero-order chi connectivity index (χ0) is 21.0. The van der Waals surface area contributed by atoms with Gasteiger partial charge in [-0.05, 0) is 42.0 Å². The number of rotatable bonds is 7. The lowest BCUT2D eigenvalue weighted by Crippen LogP contribution is -2.07. The van der Waals surface area contributed by atoms with Gasteiger partial charge < -0.3 is 14.5 Å². The van der Waals surface area contributed by atoms with E-state index in [-0.39, 0.29) is 21.7 Å². The van der Waals surface area contributed by atoms with Crippen LogP contribution < -0.4 is 10.1 Å². The summed E-state index contributed by atoms with van der Waals surface area (Å²) >= 11 is 0. The van der Waals surface area contributed by atoms with E-state index in [0.717, 1.165) is 5.56 Å². The Balaban J connectivity index is 1.74. The molecule has 1 aromatic heterocycles. The maximum absolute atomic E-state index is 13.3. The number of hydrogen-bond acceptors (Lipinski definition) is 6. The molecule has 30 heavy (non-hydrogen) atoms. The van der Waals surface area contributed by atoms with Crippen molar-refractivity contribution in [3.63, 3.8) is 0 Å². The molecule has 0 radical (unpaired) electrons. The number of hydrogen-bond donors (Lipinski definition) is 1. The maximum atomic E-state index is 13.3. The molecule has 0 saturated carbocycles. The topological polar surface area (TPSA) is 81.4 Å². The lowest BCUT2D eigenvalue weighted by Gasteiger charge is -2.07. The van der Waals surface area contributed by atoms with Crippen molar-refractivity contribution in [1.29, 1.82) is 0 Å². The molecule has 1 heterocycles. The fourth-order valence-corrected chi connectivity index (χ4v) is 4.23. The molecule has 0 aliphatic carbocycles. The summed E-state index contributed by atoms with van der Waals surface area (Å²) in [5.41, 5.74) is 1.68. The Bertz CT molecular complexity index is 1220. The molecule has 4 rings (SSSR count). The van der Waals surface area contributed by atoms with E-state index in [4.69, 9.17) is 9.15 Å². The SMILES string of the molecule is COc1ccc(S(=O)(=O)c2nc(-c3ccccc3)oc2NCc2ccccc2)cc1. The molecule has 152 valence electrons. The zero-order valence-corrected chi connectivity index (χ0v) is 17.1. The van der Waals surface area contributed by atoms with Crippen molar-refractivity contribution in [2.75, 3.05) is 12.4 Å². The normalized spacial score (nSPS) is 11.2. The second-order valence-corrected chi connectivity index (χ2v) is 8.40. The van der Waals surface area contributed by atoms with Crippen LogP contribution in [0.25, 0.3) is 11.5 Å². The lowest BCUT2D eigenvalue weighted by atomic mass is 10.2. The Morgan fingerprint density at radius 3 is 2.17 bits per heavy atom. The molecular formula is C23H20N2O4S. The minimum Gasteiger partial charge on any atom is -0.497 e. The van der Waals surface area contributed by atoms with Gasteiger partial charge in [0.2, 0.25) is 26.6 Å². The van der Waals surface area contributed by atoms with Gasteiger partial charge in [-0.3, -0.25) is 0 Å². The molecule has 0 spiro atoms. The highest BCUT2D eigenvalue weighted by atomic mass is 32.2. The largest absolute Gasteiger partial charge is 0.497 e. The summed E-state index contributed by atoms with van der Waals surface area (Å²) in [6.45, 7) is 0.398. The number of methoxy groups -OCH3 is 1. The van der Waals surface area contributed by atoms with Gasteiger partial charge in [0.15, 0.2) is 0 Å². The van der Waals surface area contributed by atoms with Crippen LogP contribution in [0.2, 0.25) is 0 Å². The first-order valence-corrected chi connectivity index (χ1v) is 10.8. The van der Waals surface area contributed by atoms with E-state index in [0.29, 0.717) is 17.9 Å². The number of nitrogens with one attached hydrogen (secondary N) is 1. The van der Waals surface area contributed by atoms with Crippen LogP contribution in [0.5, 0.6) is 5.75 Å². The second-order valence-electron chi connectivity index (χ2n) is 6.54. The van der Waals surface area contributed by atoms with Gasteiger partial charge >= 0.3 is 0 Å². The number of benzene rings is 3. The Hall–Kier alpha value is -3.58. The van der Waals surface area contributed by atoms with Gasteiger partial charge in [-0.25, -0.2) is 8.42 Å².